The molecule has 0 unspecified atom stereocenters. The molecule has 3 rings (SSSR count). The van der Waals surface area contributed by atoms with Crippen molar-refractivity contribution in [1.82, 2.24) is 0 Å². The van der Waals surface area contributed by atoms with Crippen molar-refractivity contribution in [2.75, 3.05) is 0 Å². The Morgan fingerprint density at radius 3 is 2.37 bits per heavy atom. The fraction of sp³-hybridized carbons (Fsp3) is 0.235. The summed E-state index contributed by atoms with van der Waals surface area (Å²) in [7, 11) is 0. The summed E-state index contributed by atoms with van der Waals surface area (Å²) in [5, 5.41) is 0. The van der Waals surface area contributed by atoms with Gasteiger partial charge in [-0.2, -0.15) is 0 Å². The van der Waals surface area contributed by atoms with Crippen molar-refractivity contribution >= 4 is 5.78 Å². The number of Topliss-reactive ketones (excluding diaryl/α,β-unsaturated/α-hetero) is 1. The van der Waals surface area contributed by atoms with Gasteiger partial charge in [0.25, 0.3) is 0 Å². The molecule has 0 N–H and O–H groups in total. The second-order valence-corrected chi connectivity index (χ2v) is 4.97. The number of ether oxygens (including phenoxy) is 1. The molecule has 0 saturated carbocycles. The average Bonchev–Trinajstić information content (AvgIpc) is 2.87. The first-order valence-corrected chi connectivity index (χ1v) is 6.63. The Morgan fingerprint density at radius 1 is 0.947 bits per heavy atom. The lowest BCUT2D eigenvalue weighted by atomic mass is 10.1. The van der Waals surface area contributed by atoms with Gasteiger partial charge in [-0.25, -0.2) is 0 Å². The predicted molar refractivity (Wildman–Crippen MR) is 75.0 cm³/mol. The minimum absolute atomic E-state index is 0.0732. The maximum atomic E-state index is 11.2. The zero-order valence-corrected chi connectivity index (χ0v) is 11.0. The van der Waals surface area contributed by atoms with E-state index in [-0.39, 0.29) is 5.78 Å². The van der Waals surface area contributed by atoms with E-state index in [2.05, 4.69) is 12.1 Å². The lowest BCUT2D eigenvalue weighted by Crippen LogP contribution is -1.92. The molecule has 0 radical (unpaired) electrons. The summed E-state index contributed by atoms with van der Waals surface area (Å²) in [6, 6.07) is 13.6. The van der Waals surface area contributed by atoms with Crippen LogP contribution in [0.3, 0.4) is 0 Å². The molecule has 0 saturated heterocycles. The summed E-state index contributed by atoms with van der Waals surface area (Å²) in [6.07, 6.45) is 3.57. The maximum Gasteiger partial charge on any atom is 0.159 e. The van der Waals surface area contributed by atoms with Crippen LogP contribution in [-0.4, -0.2) is 5.78 Å². The molecule has 0 spiro atoms. The van der Waals surface area contributed by atoms with E-state index in [0.29, 0.717) is 5.56 Å². The Hall–Kier alpha value is -2.09. The Balaban J connectivity index is 1.79. The normalized spacial score (nSPS) is 13.1. The van der Waals surface area contributed by atoms with Gasteiger partial charge in [0, 0.05) is 5.56 Å². The number of benzene rings is 2. The van der Waals surface area contributed by atoms with Crippen molar-refractivity contribution < 1.29 is 9.53 Å². The van der Waals surface area contributed by atoms with Gasteiger partial charge in [-0.15, -0.1) is 0 Å². The third kappa shape index (κ3) is 2.53. The molecule has 19 heavy (non-hydrogen) atoms. The summed E-state index contributed by atoms with van der Waals surface area (Å²) in [5.74, 6) is 1.71. The SMILES string of the molecule is CC(=O)c1ccc(Oc2ccc3c(c2)CCC3)cc1. The van der Waals surface area contributed by atoms with Crippen LogP contribution < -0.4 is 4.74 Å². The number of carbonyl (C=O) groups excluding carboxylic acids is 1. The van der Waals surface area contributed by atoms with Gasteiger partial charge in [0.05, 0.1) is 0 Å². The summed E-state index contributed by atoms with van der Waals surface area (Å²) < 4.78 is 5.83. The van der Waals surface area contributed by atoms with E-state index in [4.69, 9.17) is 4.74 Å². The molecule has 0 atom stereocenters. The summed E-state index contributed by atoms with van der Waals surface area (Å²) in [4.78, 5) is 11.2. The molecule has 0 aromatic heterocycles. The Labute approximate surface area is 113 Å². The number of aryl methyl sites for hydroxylation is 2. The zero-order valence-electron chi connectivity index (χ0n) is 11.0. The molecule has 0 fully saturated rings. The molecule has 2 nitrogen and oxygen atoms in total. The van der Waals surface area contributed by atoms with Gasteiger partial charge in [-0.3, -0.25) is 4.79 Å². The average molecular weight is 252 g/mol. The van der Waals surface area contributed by atoms with Crippen LogP contribution in [0.2, 0.25) is 0 Å². The van der Waals surface area contributed by atoms with Gasteiger partial charge in [0.15, 0.2) is 5.78 Å². The first-order valence-electron chi connectivity index (χ1n) is 6.63. The largest absolute Gasteiger partial charge is 0.457 e. The van der Waals surface area contributed by atoms with E-state index in [1.165, 1.54) is 24.0 Å². The monoisotopic (exact) mass is 252 g/mol. The summed E-state index contributed by atoms with van der Waals surface area (Å²) in [6.45, 7) is 1.57. The highest BCUT2D eigenvalue weighted by atomic mass is 16.5. The Kier molecular flexibility index (Phi) is 3.08. The standard InChI is InChI=1S/C17H16O2/c1-12(18)13-5-8-16(9-6-13)19-17-10-7-14-3-2-4-15(14)11-17/h5-11H,2-4H2,1H3. The number of hydrogen-bond acceptors (Lipinski definition) is 2. The molecule has 2 aromatic rings. The maximum absolute atomic E-state index is 11.2. The highest BCUT2D eigenvalue weighted by Crippen LogP contribution is 2.29. The fourth-order valence-corrected chi connectivity index (χ4v) is 2.51. The van der Waals surface area contributed by atoms with E-state index >= 15 is 0 Å². The van der Waals surface area contributed by atoms with Gasteiger partial charge < -0.3 is 4.74 Å². The minimum Gasteiger partial charge on any atom is -0.457 e. The van der Waals surface area contributed by atoms with Crippen molar-refractivity contribution in [1.29, 1.82) is 0 Å². The second kappa shape index (κ2) is 4.88. The zero-order chi connectivity index (χ0) is 13.2. The van der Waals surface area contributed by atoms with Crippen molar-refractivity contribution in [2.24, 2.45) is 0 Å². The van der Waals surface area contributed by atoms with Crippen molar-refractivity contribution in [3.05, 3.63) is 59.2 Å². The van der Waals surface area contributed by atoms with Crippen LogP contribution in [-0.2, 0) is 12.8 Å². The van der Waals surface area contributed by atoms with Crippen LogP contribution in [0.15, 0.2) is 42.5 Å². The van der Waals surface area contributed by atoms with Crippen molar-refractivity contribution in [2.45, 2.75) is 26.2 Å². The number of carbonyl (C=O) groups is 1. The van der Waals surface area contributed by atoms with Crippen LogP contribution in [0.5, 0.6) is 11.5 Å². The van der Waals surface area contributed by atoms with Gasteiger partial charge in [-0.05, 0) is 73.7 Å². The second-order valence-electron chi connectivity index (χ2n) is 4.97. The highest BCUT2D eigenvalue weighted by Gasteiger charge is 2.11. The van der Waals surface area contributed by atoms with E-state index in [9.17, 15) is 4.79 Å². The number of ketones is 1. The molecule has 0 aliphatic heterocycles. The van der Waals surface area contributed by atoms with E-state index in [1.54, 1.807) is 19.1 Å². The topological polar surface area (TPSA) is 26.3 Å². The molecule has 1 aliphatic carbocycles. The van der Waals surface area contributed by atoms with Crippen LogP contribution in [0, 0.1) is 0 Å². The summed E-state index contributed by atoms with van der Waals surface area (Å²) in [5.41, 5.74) is 3.55. The Bertz CT molecular complexity index is 612. The number of rotatable bonds is 3. The van der Waals surface area contributed by atoms with Gasteiger partial charge in [0.1, 0.15) is 11.5 Å². The quantitative estimate of drug-likeness (QED) is 0.766. The first kappa shape index (κ1) is 12.0. The molecular weight excluding hydrogens is 236 g/mol. The number of hydrogen-bond donors (Lipinski definition) is 0. The highest BCUT2D eigenvalue weighted by molar-refractivity contribution is 5.94. The van der Waals surface area contributed by atoms with Crippen LogP contribution in [0.1, 0.15) is 34.8 Å². The molecule has 0 bridgehead atoms. The van der Waals surface area contributed by atoms with Gasteiger partial charge in [0.2, 0.25) is 0 Å². The fourth-order valence-electron chi connectivity index (χ4n) is 2.51. The van der Waals surface area contributed by atoms with E-state index in [0.717, 1.165) is 17.9 Å². The lowest BCUT2D eigenvalue weighted by Gasteiger charge is -2.08. The molecule has 0 amide bonds. The van der Waals surface area contributed by atoms with Crippen molar-refractivity contribution in [3.8, 4) is 11.5 Å². The number of fused-ring (bicyclic) bond motifs is 1. The molecule has 1 aliphatic rings. The van der Waals surface area contributed by atoms with Crippen LogP contribution in [0.4, 0.5) is 0 Å². The molecule has 2 aromatic carbocycles. The first-order chi connectivity index (χ1) is 9.22. The van der Waals surface area contributed by atoms with Gasteiger partial charge in [-0.1, -0.05) is 6.07 Å². The van der Waals surface area contributed by atoms with E-state index in [1.807, 2.05) is 18.2 Å². The molecule has 2 heteroatoms. The van der Waals surface area contributed by atoms with Crippen LogP contribution in [0.25, 0.3) is 0 Å². The third-order valence-electron chi connectivity index (χ3n) is 3.57. The molecular formula is C17H16O2. The Morgan fingerprint density at radius 2 is 1.63 bits per heavy atom. The van der Waals surface area contributed by atoms with E-state index < -0.39 is 0 Å². The summed E-state index contributed by atoms with van der Waals surface area (Å²) >= 11 is 0. The van der Waals surface area contributed by atoms with Crippen molar-refractivity contribution in [3.63, 3.8) is 0 Å². The smallest absolute Gasteiger partial charge is 0.159 e. The third-order valence-corrected chi connectivity index (χ3v) is 3.57. The lowest BCUT2D eigenvalue weighted by molar-refractivity contribution is 0.101. The minimum atomic E-state index is 0.0732. The molecule has 0 heterocycles. The molecule has 96 valence electrons. The van der Waals surface area contributed by atoms with Crippen LogP contribution >= 0.6 is 0 Å². The predicted octanol–water partition coefficient (Wildman–Crippen LogP) is 4.17. The van der Waals surface area contributed by atoms with Gasteiger partial charge >= 0.3 is 0 Å².